The lowest BCUT2D eigenvalue weighted by molar-refractivity contribution is -0.124. The van der Waals surface area contributed by atoms with E-state index in [0.29, 0.717) is 39.2 Å². The first-order valence-electron chi connectivity index (χ1n) is 13.6. The quantitative estimate of drug-likeness (QED) is 0.146. The van der Waals surface area contributed by atoms with Gasteiger partial charge in [0.1, 0.15) is 6.61 Å². The van der Waals surface area contributed by atoms with Crippen LogP contribution in [0.15, 0.2) is 0 Å². The van der Waals surface area contributed by atoms with Crippen LogP contribution < -0.4 is 5.32 Å². The topological polar surface area (TPSA) is 64.6 Å². The maximum Gasteiger partial charge on any atom is 0.220 e. The second kappa shape index (κ2) is 26.3. The normalized spacial score (nSPS) is 11.1. The average molecular weight is 456 g/mol. The van der Waals surface area contributed by atoms with Crippen LogP contribution in [0.1, 0.15) is 129 Å². The molecule has 1 amide bonds. The van der Waals surface area contributed by atoms with Gasteiger partial charge in [0.2, 0.25) is 5.91 Å². The van der Waals surface area contributed by atoms with Gasteiger partial charge in [-0.2, -0.15) is 0 Å². The molecule has 0 unspecified atom stereocenters. The first-order chi connectivity index (χ1) is 15.7. The lowest BCUT2D eigenvalue weighted by Gasteiger charge is -2.07. The van der Waals surface area contributed by atoms with Crippen molar-refractivity contribution in [2.45, 2.75) is 129 Å². The highest BCUT2D eigenvalue weighted by Gasteiger charge is 2.02. The summed E-state index contributed by atoms with van der Waals surface area (Å²) in [5.74, 6) is 0.253. The highest BCUT2D eigenvalue weighted by Crippen LogP contribution is 2.13. The van der Waals surface area contributed by atoms with Gasteiger partial charge in [-0.3, -0.25) is 9.59 Å². The summed E-state index contributed by atoms with van der Waals surface area (Å²) in [6.45, 7) is 6.32. The molecule has 0 aromatic heterocycles. The maximum absolute atomic E-state index is 11.8. The number of Topliss-reactive ketones (excluding diaryl/α,β-unsaturated/α-hetero) is 1. The van der Waals surface area contributed by atoms with Gasteiger partial charge < -0.3 is 14.8 Å². The van der Waals surface area contributed by atoms with E-state index in [9.17, 15) is 9.59 Å². The Bertz CT molecular complexity index is 414. The molecule has 0 aromatic carbocycles. The molecule has 0 aromatic rings. The zero-order valence-electron chi connectivity index (χ0n) is 21.4. The molecule has 5 heteroatoms. The Kier molecular flexibility index (Phi) is 25.5. The minimum atomic E-state index is 0.115. The Balaban J connectivity index is 3.18. The van der Waals surface area contributed by atoms with Crippen molar-refractivity contribution in [2.24, 2.45) is 0 Å². The van der Waals surface area contributed by atoms with Gasteiger partial charge in [0.05, 0.1) is 19.8 Å². The van der Waals surface area contributed by atoms with E-state index in [1.54, 1.807) is 0 Å². The largest absolute Gasteiger partial charge is 0.377 e. The Morgan fingerprint density at radius 2 is 1.06 bits per heavy atom. The molecule has 0 rings (SSSR count). The summed E-state index contributed by atoms with van der Waals surface area (Å²) in [5, 5.41) is 2.90. The van der Waals surface area contributed by atoms with Gasteiger partial charge in [-0.05, 0) is 12.8 Å². The Morgan fingerprint density at radius 3 is 1.59 bits per heavy atom. The second-order valence-corrected chi connectivity index (χ2v) is 9.00. The number of ether oxygens (including phenoxy) is 2. The lowest BCUT2D eigenvalue weighted by Crippen LogP contribution is -2.27. The van der Waals surface area contributed by atoms with Crippen molar-refractivity contribution in [2.75, 3.05) is 33.0 Å². The molecule has 0 aliphatic carbocycles. The Labute approximate surface area is 198 Å². The first kappa shape index (κ1) is 31.1. The van der Waals surface area contributed by atoms with Gasteiger partial charge in [-0.1, -0.05) is 104 Å². The number of nitrogens with one attached hydrogen (secondary N) is 1. The van der Waals surface area contributed by atoms with Crippen LogP contribution in [0, 0.1) is 0 Å². The average Bonchev–Trinajstić information content (AvgIpc) is 2.78. The summed E-state index contributed by atoms with van der Waals surface area (Å²) < 4.78 is 10.7. The van der Waals surface area contributed by atoms with Crippen LogP contribution in [-0.2, 0) is 19.1 Å². The SMILES string of the molecule is CCCCCCCCCCCCCCCCCC(=O)NCCOCCOCC(=O)CCC. The lowest BCUT2D eigenvalue weighted by atomic mass is 10.0. The van der Waals surface area contributed by atoms with Crippen LogP contribution in [0.4, 0.5) is 0 Å². The monoisotopic (exact) mass is 455 g/mol. The molecule has 0 aliphatic heterocycles. The molecule has 0 atom stereocenters. The first-order valence-corrected chi connectivity index (χ1v) is 13.6. The molecule has 0 fully saturated rings. The Hall–Kier alpha value is -0.940. The summed E-state index contributed by atoms with van der Waals surface area (Å²) in [5.41, 5.74) is 0. The summed E-state index contributed by atoms with van der Waals surface area (Å²) in [7, 11) is 0. The predicted octanol–water partition coefficient (Wildman–Crippen LogP) is 6.77. The fourth-order valence-electron chi connectivity index (χ4n) is 3.76. The van der Waals surface area contributed by atoms with Crippen LogP contribution in [0.25, 0.3) is 0 Å². The predicted molar refractivity (Wildman–Crippen MR) is 134 cm³/mol. The zero-order chi connectivity index (χ0) is 23.5. The van der Waals surface area contributed by atoms with Gasteiger partial charge in [0, 0.05) is 19.4 Å². The maximum atomic E-state index is 11.8. The van der Waals surface area contributed by atoms with Crippen LogP contribution in [0.5, 0.6) is 0 Å². The van der Waals surface area contributed by atoms with E-state index in [0.717, 1.165) is 19.3 Å². The second-order valence-electron chi connectivity index (χ2n) is 9.00. The number of hydrogen-bond donors (Lipinski definition) is 1. The molecule has 0 saturated carbocycles. The van der Waals surface area contributed by atoms with Crippen molar-refractivity contribution >= 4 is 11.7 Å². The van der Waals surface area contributed by atoms with Crippen molar-refractivity contribution in [3.8, 4) is 0 Å². The zero-order valence-corrected chi connectivity index (χ0v) is 21.4. The van der Waals surface area contributed by atoms with Gasteiger partial charge in [-0.25, -0.2) is 0 Å². The van der Waals surface area contributed by atoms with Crippen molar-refractivity contribution in [3.63, 3.8) is 0 Å². The third kappa shape index (κ3) is 25.3. The molecule has 0 saturated heterocycles. The summed E-state index contributed by atoms with van der Waals surface area (Å²) in [6, 6.07) is 0. The molecular weight excluding hydrogens is 402 g/mol. The molecule has 32 heavy (non-hydrogen) atoms. The smallest absolute Gasteiger partial charge is 0.220 e. The van der Waals surface area contributed by atoms with E-state index in [1.807, 2.05) is 6.92 Å². The standard InChI is InChI=1S/C27H53NO4/c1-3-5-6-7-8-9-10-11-12-13-14-15-16-17-18-20-27(30)28-21-22-31-23-24-32-25-26(29)19-4-2/h3-25H2,1-2H3,(H,28,30). The number of carbonyl (C=O) groups excluding carboxylic acids is 2. The van der Waals surface area contributed by atoms with Crippen LogP contribution in [0.3, 0.4) is 0 Å². The van der Waals surface area contributed by atoms with Crippen molar-refractivity contribution in [1.82, 2.24) is 5.32 Å². The van der Waals surface area contributed by atoms with E-state index in [1.165, 1.54) is 83.5 Å². The van der Waals surface area contributed by atoms with Gasteiger partial charge >= 0.3 is 0 Å². The van der Waals surface area contributed by atoms with Crippen molar-refractivity contribution in [1.29, 1.82) is 0 Å². The number of rotatable bonds is 26. The molecule has 0 bridgehead atoms. The van der Waals surface area contributed by atoms with E-state index in [4.69, 9.17) is 9.47 Å². The summed E-state index contributed by atoms with van der Waals surface area (Å²) in [6.07, 6.45) is 22.1. The number of hydrogen-bond acceptors (Lipinski definition) is 4. The fourth-order valence-corrected chi connectivity index (χ4v) is 3.76. The van der Waals surface area contributed by atoms with E-state index in [2.05, 4.69) is 12.2 Å². The molecule has 0 aliphatic rings. The molecule has 0 heterocycles. The fraction of sp³-hybridized carbons (Fsp3) is 0.926. The molecule has 0 radical (unpaired) electrons. The molecule has 190 valence electrons. The van der Waals surface area contributed by atoms with Gasteiger partial charge in [-0.15, -0.1) is 0 Å². The van der Waals surface area contributed by atoms with E-state index in [-0.39, 0.29) is 18.3 Å². The minimum absolute atomic E-state index is 0.115. The van der Waals surface area contributed by atoms with Crippen molar-refractivity contribution in [3.05, 3.63) is 0 Å². The van der Waals surface area contributed by atoms with Crippen LogP contribution in [0.2, 0.25) is 0 Å². The Morgan fingerprint density at radius 1 is 0.562 bits per heavy atom. The van der Waals surface area contributed by atoms with E-state index >= 15 is 0 Å². The number of ketones is 1. The molecule has 5 nitrogen and oxygen atoms in total. The molecular formula is C27H53NO4. The highest BCUT2D eigenvalue weighted by molar-refractivity contribution is 5.79. The molecule has 1 N–H and O–H groups in total. The highest BCUT2D eigenvalue weighted by atomic mass is 16.5. The number of amides is 1. The van der Waals surface area contributed by atoms with E-state index < -0.39 is 0 Å². The van der Waals surface area contributed by atoms with Gasteiger partial charge in [0.15, 0.2) is 5.78 Å². The number of unbranched alkanes of at least 4 members (excludes halogenated alkanes) is 14. The van der Waals surface area contributed by atoms with Crippen LogP contribution >= 0.6 is 0 Å². The third-order valence-electron chi connectivity index (χ3n) is 5.74. The minimum Gasteiger partial charge on any atom is -0.377 e. The number of carbonyl (C=O) groups is 2. The van der Waals surface area contributed by atoms with Crippen LogP contribution in [-0.4, -0.2) is 44.7 Å². The van der Waals surface area contributed by atoms with Crippen molar-refractivity contribution < 1.29 is 19.1 Å². The summed E-state index contributed by atoms with van der Waals surface area (Å²) in [4.78, 5) is 23.1. The molecule has 0 spiro atoms. The third-order valence-corrected chi connectivity index (χ3v) is 5.74. The summed E-state index contributed by atoms with van der Waals surface area (Å²) >= 11 is 0. The van der Waals surface area contributed by atoms with Gasteiger partial charge in [0.25, 0.3) is 0 Å².